The van der Waals surface area contributed by atoms with Gasteiger partial charge in [0.1, 0.15) is 17.4 Å². The van der Waals surface area contributed by atoms with Crippen molar-refractivity contribution in [3.63, 3.8) is 0 Å². The Bertz CT molecular complexity index is 618. The topological polar surface area (TPSA) is 111 Å². The van der Waals surface area contributed by atoms with Crippen LogP contribution in [0.15, 0.2) is 30.3 Å². The van der Waals surface area contributed by atoms with Crippen molar-refractivity contribution in [1.29, 1.82) is 0 Å². The molecule has 0 radical (unpaired) electrons. The van der Waals surface area contributed by atoms with Crippen molar-refractivity contribution in [2.45, 2.75) is 12.5 Å². The predicted octanol–water partition coefficient (Wildman–Crippen LogP) is 1.28. The first-order chi connectivity index (χ1) is 9.76. The maximum Gasteiger partial charge on any atom is 0.223 e. The van der Waals surface area contributed by atoms with E-state index in [0.717, 1.165) is 17.7 Å². The summed E-state index contributed by atoms with van der Waals surface area (Å²) in [5, 5.41) is 3.35. The molecular weight excluding hydrogens is 256 g/mol. The third kappa shape index (κ3) is 2.43. The van der Waals surface area contributed by atoms with Crippen LogP contribution in [0.2, 0.25) is 0 Å². The number of fused-ring (bicyclic) bond motifs is 1. The molecule has 20 heavy (non-hydrogen) atoms. The van der Waals surface area contributed by atoms with Gasteiger partial charge in [-0.25, -0.2) is 5.84 Å². The van der Waals surface area contributed by atoms with Crippen LogP contribution in [0.3, 0.4) is 0 Å². The quantitative estimate of drug-likeness (QED) is 0.492. The molecule has 0 spiro atoms. The van der Waals surface area contributed by atoms with E-state index in [1.54, 1.807) is 6.07 Å². The number of hydrogen-bond acceptors (Lipinski definition) is 7. The summed E-state index contributed by atoms with van der Waals surface area (Å²) in [5.74, 6) is 7.53. The molecule has 3 rings (SSSR count). The second kappa shape index (κ2) is 5.22. The first-order valence-electron chi connectivity index (χ1n) is 6.35. The molecule has 2 aromatic rings. The molecule has 2 heterocycles. The van der Waals surface area contributed by atoms with Crippen molar-refractivity contribution in [2.24, 2.45) is 5.84 Å². The number of anilines is 3. The number of benzene rings is 1. The number of nitrogens with two attached hydrogens (primary N) is 2. The van der Waals surface area contributed by atoms with Gasteiger partial charge >= 0.3 is 0 Å². The van der Waals surface area contributed by atoms with Crippen LogP contribution in [0.4, 0.5) is 17.6 Å². The Morgan fingerprint density at radius 2 is 2.00 bits per heavy atom. The highest BCUT2D eigenvalue weighted by Gasteiger charge is 2.21. The normalized spacial score (nSPS) is 16.9. The van der Waals surface area contributed by atoms with Crippen molar-refractivity contribution >= 4 is 17.6 Å². The SMILES string of the molecule is NNc1cc(NC2CCOc3ccccc32)nc(N)n1. The number of hydrazine groups is 1. The Kier molecular flexibility index (Phi) is 3.26. The molecule has 0 fully saturated rings. The molecule has 104 valence electrons. The van der Waals surface area contributed by atoms with E-state index in [9.17, 15) is 0 Å². The summed E-state index contributed by atoms with van der Waals surface area (Å²) >= 11 is 0. The summed E-state index contributed by atoms with van der Waals surface area (Å²) in [4.78, 5) is 8.12. The predicted molar refractivity (Wildman–Crippen MR) is 77.2 cm³/mol. The zero-order chi connectivity index (χ0) is 13.9. The van der Waals surface area contributed by atoms with Gasteiger partial charge in [-0.1, -0.05) is 18.2 Å². The molecule has 0 amide bonds. The van der Waals surface area contributed by atoms with Crippen molar-refractivity contribution < 1.29 is 4.74 Å². The van der Waals surface area contributed by atoms with Crippen LogP contribution in [0.5, 0.6) is 5.75 Å². The zero-order valence-corrected chi connectivity index (χ0v) is 10.8. The molecule has 1 aromatic heterocycles. The van der Waals surface area contributed by atoms with Crippen molar-refractivity contribution in [3.05, 3.63) is 35.9 Å². The molecule has 1 aliphatic heterocycles. The van der Waals surface area contributed by atoms with Crippen molar-refractivity contribution in [2.75, 3.05) is 23.1 Å². The minimum atomic E-state index is 0.125. The van der Waals surface area contributed by atoms with E-state index in [1.165, 1.54) is 0 Å². The summed E-state index contributed by atoms with van der Waals surface area (Å²) in [6, 6.07) is 9.79. The Labute approximate surface area is 116 Å². The molecule has 1 unspecified atom stereocenters. The van der Waals surface area contributed by atoms with E-state index in [-0.39, 0.29) is 12.0 Å². The average Bonchev–Trinajstić information content (AvgIpc) is 2.47. The monoisotopic (exact) mass is 272 g/mol. The second-order valence-corrected chi connectivity index (χ2v) is 4.51. The molecule has 1 aliphatic rings. The van der Waals surface area contributed by atoms with Crippen LogP contribution in [0.1, 0.15) is 18.0 Å². The number of nitrogens with zero attached hydrogens (tertiary/aromatic N) is 2. The third-order valence-electron chi connectivity index (χ3n) is 3.17. The molecule has 0 saturated heterocycles. The molecule has 0 aliphatic carbocycles. The Morgan fingerprint density at radius 1 is 1.20 bits per heavy atom. The van der Waals surface area contributed by atoms with Crippen LogP contribution in [-0.2, 0) is 0 Å². The minimum absolute atomic E-state index is 0.125. The molecule has 7 nitrogen and oxygen atoms in total. The first-order valence-corrected chi connectivity index (χ1v) is 6.35. The highest BCUT2D eigenvalue weighted by atomic mass is 16.5. The van der Waals surface area contributed by atoms with Crippen molar-refractivity contribution in [1.82, 2.24) is 9.97 Å². The largest absolute Gasteiger partial charge is 0.493 e. The highest BCUT2D eigenvalue weighted by Crippen LogP contribution is 2.33. The Morgan fingerprint density at radius 3 is 2.85 bits per heavy atom. The first kappa shape index (κ1) is 12.5. The molecule has 6 N–H and O–H groups in total. The van der Waals surface area contributed by atoms with Crippen molar-refractivity contribution in [3.8, 4) is 5.75 Å². The smallest absolute Gasteiger partial charge is 0.223 e. The van der Waals surface area contributed by atoms with Gasteiger partial charge in [0.25, 0.3) is 0 Å². The standard InChI is InChI=1S/C13H16N6O/c14-13-17-11(7-12(18-13)19-15)16-9-5-6-20-10-4-2-1-3-8(9)10/h1-4,7,9H,5-6,15H2,(H4,14,16,17,18,19). The van der Waals surface area contributed by atoms with E-state index >= 15 is 0 Å². The number of nitrogens with one attached hydrogen (secondary N) is 2. The zero-order valence-electron chi connectivity index (χ0n) is 10.8. The van der Waals surface area contributed by atoms with E-state index in [0.29, 0.717) is 18.2 Å². The van der Waals surface area contributed by atoms with Gasteiger partial charge in [0.05, 0.1) is 12.6 Å². The van der Waals surface area contributed by atoms with Gasteiger partial charge in [-0.15, -0.1) is 0 Å². The van der Waals surface area contributed by atoms with Crippen LogP contribution < -0.4 is 27.1 Å². The van der Waals surface area contributed by atoms with Crippen LogP contribution in [-0.4, -0.2) is 16.6 Å². The van der Waals surface area contributed by atoms with E-state index < -0.39 is 0 Å². The lowest BCUT2D eigenvalue weighted by Gasteiger charge is -2.27. The minimum Gasteiger partial charge on any atom is -0.493 e. The number of nitrogen functional groups attached to an aromatic ring is 2. The molecule has 0 bridgehead atoms. The lowest BCUT2D eigenvalue weighted by atomic mass is 10.0. The fourth-order valence-electron chi connectivity index (χ4n) is 2.28. The molecular formula is C13H16N6O. The highest BCUT2D eigenvalue weighted by molar-refractivity contribution is 5.52. The number of ether oxygens (including phenoxy) is 1. The summed E-state index contributed by atoms with van der Waals surface area (Å²) < 4.78 is 5.63. The number of hydrogen-bond donors (Lipinski definition) is 4. The molecule has 1 aromatic carbocycles. The summed E-state index contributed by atoms with van der Waals surface area (Å²) in [6.07, 6.45) is 0.853. The Hall–Kier alpha value is -2.54. The molecule has 7 heteroatoms. The number of rotatable bonds is 3. The van der Waals surface area contributed by atoms with Gasteiger partial charge in [0, 0.05) is 18.1 Å². The Balaban J connectivity index is 1.87. The van der Waals surface area contributed by atoms with Gasteiger partial charge in [-0.05, 0) is 6.07 Å². The van der Waals surface area contributed by atoms with Gasteiger partial charge in [0.15, 0.2) is 0 Å². The van der Waals surface area contributed by atoms with Gasteiger partial charge in [0.2, 0.25) is 5.95 Å². The lowest BCUT2D eigenvalue weighted by molar-refractivity contribution is 0.274. The van der Waals surface area contributed by atoms with E-state index in [2.05, 4.69) is 20.7 Å². The summed E-state index contributed by atoms with van der Waals surface area (Å²) in [5.41, 5.74) is 9.23. The summed E-state index contributed by atoms with van der Waals surface area (Å²) in [7, 11) is 0. The summed E-state index contributed by atoms with van der Waals surface area (Å²) in [6.45, 7) is 0.664. The maximum atomic E-state index is 5.65. The fourth-order valence-corrected chi connectivity index (χ4v) is 2.28. The number of aromatic nitrogens is 2. The van der Waals surface area contributed by atoms with Gasteiger partial charge in [-0.3, -0.25) is 0 Å². The van der Waals surface area contributed by atoms with Crippen LogP contribution in [0.25, 0.3) is 0 Å². The maximum absolute atomic E-state index is 5.65. The van der Waals surface area contributed by atoms with E-state index in [4.69, 9.17) is 16.3 Å². The van der Waals surface area contributed by atoms with Gasteiger partial charge in [-0.2, -0.15) is 9.97 Å². The number of para-hydroxylation sites is 1. The average molecular weight is 272 g/mol. The van der Waals surface area contributed by atoms with Crippen LogP contribution in [0, 0.1) is 0 Å². The molecule has 1 atom stereocenters. The fraction of sp³-hybridized carbons (Fsp3) is 0.231. The van der Waals surface area contributed by atoms with Gasteiger partial charge < -0.3 is 21.2 Å². The third-order valence-corrected chi connectivity index (χ3v) is 3.17. The molecule has 0 saturated carbocycles. The van der Waals surface area contributed by atoms with Crippen LogP contribution >= 0.6 is 0 Å². The lowest BCUT2D eigenvalue weighted by Crippen LogP contribution is -2.21. The van der Waals surface area contributed by atoms with E-state index in [1.807, 2.05) is 24.3 Å². The second-order valence-electron chi connectivity index (χ2n) is 4.51.